The van der Waals surface area contributed by atoms with Crippen molar-refractivity contribution in [3.63, 3.8) is 0 Å². The Hall–Kier alpha value is -2.92. The van der Waals surface area contributed by atoms with E-state index < -0.39 is 0 Å². The number of hydrogen-bond acceptors (Lipinski definition) is 4. The molecular formula is C17H16N4O. The van der Waals surface area contributed by atoms with Crippen LogP contribution in [0.5, 0.6) is 5.88 Å². The molecule has 5 N–H and O–H groups in total. The lowest BCUT2D eigenvalue weighted by Crippen LogP contribution is -2.10. The van der Waals surface area contributed by atoms with E-state index in [4.69, 9.17) is 5.41 Å². The van der Waals surface area contributed by atoms with Crippen LogP contribution in [0.3, 0.4) is 0 Å². The number of rotatable bonds is 1. The van der Waals surface area contributed by atoms with Gasteiger partial charge in [-0.05, 0) is 19.2 Å². The second-order valence-electron chi connectivity index (χ2n) is 4.75. The fraction of sp³-hybridized carbons (Fsp3) is 0.0588. The summed E-state index contributed by atoms with van der Waals surface area (Å²) in [5.41, 5.74) is 8.37. The van der Waals surface area contributed by atoms with Gasteiger partial charge in [0.05, 0.1) is 17.0 Å². The molecular weight excluding hydrogens is 276 g/mol. The van der Waals surface area contributed by atoms with Crippen molar-refractivity contribution in [3.05, 3.63) is 59.7 Å². The van der Waals surface area contributed by atoms with Gasteiger partial charge in [-0.2, -0.15) is 0 Å². The van der Waals surface area contributed by atoms with Gasteiger partial charge in [0.15, 0.2) is 5.88 Å². The Kier molecular flexibility index (Phi) is 3.48. The standard InChI is InChI=1S/C16H11N3O.CH5N/c17-14-10-6-2-4-8-12(10)18-15(14)13-9-5-1-3-7-11(9)19-16(13)20;1-2/h1-8,17,19-20H;2H2,1H3. The molecule has 0 unspecified atom stereocenters. The monoisotopic (exact) mass is 292 g/mol. The van der Waals surface area contributed by atoms with Crippen molar-refractivity contribution in [2.24, 2.45) is 10.7 Å². The first kappa shape index (κ1) is 14.0. The van der Waals surface area contributed by atoms with Gasteiger partial charge in [0.2, 0.25) is 0 Å². The van der Waals surface area contributed by atoms with E-state index >= 15 is 0 Å². The Morgan fingerprint density at radius 2 is 1.73 bits per heavy atom. The molecule has 0 atom stereocenters. The number of hydrogen-bond donors (Lipinski definition) is 4. The normalized spacial score (nSPS) is 12.6. The SMILES string of the molecule is CN.N=C1C(c2c(O)[nH]c3ccccc23)=Nc2ccccc21. The van der Waals surface area contributed by atoms with Crippen LogP contribution >= 0.6 is 0 Å². The smallest absolute Gasteiger partial charge is 0.199 e. The van der Waals surface area contributed by atoms with Crippen LogP contribution in [-0.2, 0) is 0 Å². The summed E-state index contributed by atoms with van der Waals surface area (Å²) >= 11 is 0. The Morgan fingerprint density at radius 3 is 2.50 bits per heavy atom. The number of nitrogens with one attached hydrogen (secondary N) is 2. The van der Waals surface area contributed by atoms with E-state index in [0.717, 1.165) is 22.2 Å². The number of aliphatic imine (C=N–C) groups is 1. The molecule has 0 spiro atoms. The molecule has 1 aliphatic rings. The van der Waals surface area contributed by atoms with Gasteiger partial charge in [0.25, 0.3) is 0 Å². The Labute approximate surface area is 127 Å². The van der Waals surface area contributed by atoms with Crippen LogP contribution in [0, 0.1) is 5.41 Å². The number of para-hydroxylation sites is 2. The van der Waals surface area contributed by atoms with Crippen molar-refractivity contribution in [2.45, 2.75) is 0 Å². The highest BCUT2D eigenvalue weighted by Gasteiger charge is 2.26. The fourth-order valence-electron chi connectivity index (χ4n) is 2.63. The van der Waals surface area contributed by atoms with Crippen molar-refractivity contribution in [3.8, 4) is 5.88 Å². The van der Waals surface area contributed by atoms with Crippen molar-refractivity contribution in [1.82, 2.24) is 4.98 Å². The zero-order valence-electron chi connectivity index (χ0n) is 12.1. The Morgan fingerprint density at radius 1 is 1.05 bits per heavy atom. The molecule has 3 aromatic rings. The first-order chi connectivity index (χ1) is 10.8. The van der Waals surface area contributed by atoms with Gasteiger partial charge in [0.1, 0.15) is 5.71 Å². The van der Waals surface area contributed by atoms with Gasteiger partial charge in [-0.25, -0.2) is 4.99 Å². The molecule has 0 saturated heterocycles. The second kappa shape index (κ2) is 5.46. The molecule has 0 fully saturated rings. The summed E-state index contributed by atoms with van der Waals surface area (Å²) in [7, 11) is 1.50. The zero-order chi connectivity index (χ0) is 15.7. The van der Waals surface area contributed by atoms with Crippen molar-refractivity contribution in [2.75, 3.05) is 7.05 Å². The van der Waals surface area contributed by atoms with E-state index in [1.807, 2.05) is 48.5 Å². The van der Waals surface area contributed by atoms with E-state index in [1.165, 1.54) is 7.05 Å². The highest BCUT2D eigenvalue weighted by Crippen LogP contribution is 2.34. The maximum atomic E-state index is 10.2. The highest BCUT2D eigenvalue weighted by molar-refractivity contribution is 6.57. The molecule has 0 aliphatic carbocycles. The fourth-order valence-corrected chi connectivity index (χ4v) is 2.63. The van der Waals surface area contributed by atoms with Crippen LogP contribution < -0.4 is 5.73 Å². The minimum absolute atomic E-state index is 0.0579. The maximum absolute atomic E-state index is 10.2. The predicted molar refractivity (Wildman–Crippen MR) is 89.5 cm³/mol. The van der Waals surface area contributed by atoms with Gasteiger partial charge in [-0.15, -0.1) is 0 Å². The lowest BCUT2D eigenvalue weighted by Gasteiger charge is -2.01. The van der Waals surface area contributed by atoms with Gasteiger partial charge >= 0.3 is 0 Å². The molecule has 1 aliphatic heterocycles. The largest absolute Gasteiger partial charge is 0.494 e. The average molecular weight is 292 g/mol. The van der Waals surface area contributed by atoms with Crippen LogP contribution in [0.1, 0.15) is 11.1 Å². The van der Waals surface area contributed by atoms with Crippen molar-refractivity contribution >= 4 is 28.0 Å². The molecule has 22 heavy (non-hydrogen) atoms. The number of aromatic amines is 1. The lowest BCUT2D eigenvalue weighted by atomic mass is 10.0. The number of nitrogens with zero attached hydrogens (tertiary/aromatic N) is 1. The Bertz CT molecular complexity index is 893. The summed E-state index contributed by atoms with van der Waals surface area (Å²) in [6.07, 6.45) is 0. The molecule has 0 bridgehead atoms. The number of fused-ring (bicyclic) bond motifs is 2. The quantitative estimate of drug-likeness (QED) is 0.554. The first-order valence-electron chi connectivity index (χ1n) is 6.90. The minimum atomic E-state index is 0.0579. The van der Waals surface area contributed by atoms with Crippen LogP contribution in [-0.4, -0.2) is 28.6 Å². The van der Waals surface area contributed by atoms with Crippen molar-refractivity contribution < 1.29 is 5.11 Å². The topological polar surface area (TPSA) is 98.3 Å². The highest BCUT2D eigenvalue weighted by atomic mass is 16.3. The summed E-state index contributed by atoms with van der Waals surface area (Å²) in [4.78, 5) is 7.43. The molecule has 0 radical (unpaired) electrons. The third kappa shape index (κ3) is 1.99. The molecule has 110 valence electrons. The minimum Gasteiger partial charge on any atom is -0.494 e. The summed E-state index contributed by atoms with van der Waals surface area (Å²) in [6, 6.07) is 15.2. The molecule has 4 rings (SSSR count). The second-order valence-corrected chi connectivity index (χ2v) is 4.75. The predicted octanol–water partition coefficient (Wildman–Crippen LogP) is 2.95. The molecule has 2 aromatic carbocycles. The van der Waals surface area contributed by atoms with Crippen LogP contribution in [0.4, 0.5) is 5.69 Å². The maximum Gasteiger partial charge on any atom is 0.199 e. The molecule has 0 saturated carbocycles. The summed E-state index contributed by atoms with van der Waals surface area (Å²) in [6.45, 7) is 0. The molecule has 5 nitrogen and oxygen atoms in total. The van der Waals surface area contributed by atoms with E-state index in [-0.39, 0.29) is 5.88 Å². The number of H-pyrrole nitrogens is 1. The zero-order valence-corrected chi connectivity index (χ0v) is 12.1. The van der Waals surface area contributed by atoms with E-state index in [9.17, 15) is 5.11 Å². The molecule has 5 heteroatoms. The van der Waals surface area contributed by atoms with E-state index in [2.05, 4.69) is 15.7 Å². The van der Waals surface area contributed by atoms with Gasteiger partial charge in [-0.3, -0.25) is 5.41 Å². The lowest BCUT2D eigenvalue weighted by molar-refractivity contribution is 0.457. The number of aromatic hydroxyl groups is 1. The van der Waals surface area contributed by atoms with Crippen molar-refractivity contribution in [1.29, 1.82) is 5.41 Å². The summed E-state index contributed by atoms with van der Waals surface area (Å²) in [5.74, 6) is 0.0579. The first-order valence-corrected chi connectivity index (χ1v) is 6.90. The number of aromatic nitrogens is 1. The molecule has 0 amide bonds. The van der Waals surface area contributed by atoms with E-state index in [1.54, 1.807) is 0 Å². The Balaban J connectivity index is 0.000000693. The van der Waals surface area contributed by atoms with Gasteiger partial charge in [-0.1, -0.05) is 36.4 Å². The van der Waals surface area contributed by atoms with Gasteiger partial charge in [0, 0.05) is 16.5 Å². The third-order valence-electron chi connectivity index (χ3n) is 3.57. The number of nitrogens with two attached hydrogens (primary N) is 1. The van der Waals surface area contributed by atoms with Crippen LogP contribution in [0.25, 0.3) is 10.9 Å². The van der Waals surface area contributed by atoms with Crippen LogP contribution in [0.2, 0.25) is 0 Å². The van der Waals surface area contributed by atoms with Crippen LogP contribution in [0.15, 0.2) is 53.5 Å². The van der Waals surface area contributed by atoms with E-state index in [0.29, 0.717) is 17.0 Å². The number of benzene rings is 2. The summed E-state index contributed by atoms with van der Waals surface area (Å²) in [5, 5.41) is 19.3. The van der Waals surface area contributed by atoms with Gasteiger partial charge < -0.3 is 15.8 Å². The molecule has 1 aromatic heterocycles. The molecule has 2 heterocycles. The third-order valence-corrected chi connectivity index (χ3v) is 3.57. The average Bonchev–Trinajstić information content (AvgIpc) is 3.06. The summed E-state index contributed by atoms with van der Waals surface area (Å²) < 4.78 is 0.